The highest BCUT2D eigenvalue weighted by atomic mass is 35.5. The number of aromatic nitrogens is 1. The molecule has 4 rings (SSSR count). The predicted octanol–water partition coefficient (Wildman–Crippen LogP) is 3.75. The van der Waals surface area contributed by atoms with Crippen molar-refractivity contribution >= 4 is 34.4 Å². The minimum Gasteiger partial charge on any atom is -0.465 e. The van der Waals surface area contributed by atoms with Crippen molar-refractivity contribution in [2.45, 2.75) is 0 Å². The van der Waals surface area contributed by atoms with Crippen molar-refractivity contribution < 1.29 is 23.9 Å². The van der Waals surface area contributed by atoms with E-state index in [4.69, 9.17) is 25.9 Å². The summed E-state index contributed by atoms with van der Waals surface area (Å²) in [6.45, 7) is 2.06. The summed E-state index contributed by atoms with van der Waals surface area (Å²) in [4.78, 5) is 34.8. The minimum atomic E-state index is -0.473. The van der Waals surface area contributed by atoms with Crippen LogP contribution in [0, 0.1) is 0 Å². The minimum absolute atomic E-state index is 0.384. The SMILES string of the molecule is COC(=O)c1ccc(-c2cc(C(=O)ON3CCOCC3)c3ccc(Cl)cc3n2)cc1. The third-order valence-electron chi connectivity index (χ3n) is 4.78. The summed E-state index contributed by atoms with van der Waals surface area (Å²) >= 11 is 6.15. The van der Waals surface area contributed by atoms with Gasteiger partial charge in [0.15, 0.2) is 0 Å². The Morgan fingerprint density at radius 1 is 1.03 bits per heavy atom. The third-order valence-corrected chi connectivity index (χ3v) is 5.01. The van der Waals surface area contributed by atoms with Crippen LogP contribution >= 0.6 is 11.6 Å². The van der Waals surface area contributed by atoms with Gasteiger partial charge in [-0.3, -0.25) is 0 Å². The highest BCUT2D eigenvalue weighted by Gasteiger charge is 2.20. The summed E-state index contributed by atoms with van der Waals surface area (Å²) in [7, 11) is 1.33. The Bertz CT molecular complexity index is 1090. The number of carbonyl (C=O) groups excluding carboxylic acids is 2. The Labute approximate surface area is 178 Å². The number of esters is 1. The third kappa shape index (κ3) is 4.28. The van der Waals surface area contributed by atoms with Crippen molar-refractivity contribution in [3.8, 4) is 11.3 Å². The van der Waals surface area contributed by atoms with Crippen molar-refractivity contribution in [2.75, 3.05) is 33.4 Å². The second-order valence-corrected chi connectivity index (χ2v) is 7.14. The molecule has 1 fully saturated rings. The van der Waals surface area contributed by atoms with Crippen LogP contribution in [0.25, 0.3) is 22.2 Å². The number of carbonyl (C=O) groups is 2. The maximum atomic E-state index is 13.0. The van der Waals surface area contributed by atoms with Gasteiger partial charge < -0.3 is 14.3 Å². The number of nitrogens with zero attached hydrogens (tertiary/aromatic N) is 2. The first-order chi connectivity index (χ1) is 14.5. The smallest absolute Gasteiger partial charge is 0.357 e. The van der Waals surface area contributed by atoms with Crippen LogP contribution in [0.15, 0.2) is 48.5 Å². The van der Waals surface area contributed by atoms with Gasteiger partial charge in [0.05, 0.1) is 55.8 Å². The molecule has 0 N–H and O–H groups in total. The Morgan fingerprint density at radius 3 is 2.47 bits per heavy atom. The molecule has 0 saturated carbocycles. The quantitative estimate of drug-likeness (QED) is 0.588. The molecule has 0 radical (unpaired) electrons. The second kappa shape index (κ2) is 8.79. The van der Waals surface area contributed by atoms with Crippen molar-refractivity contribution in [2.24, 2.45) is 0 Å². The van der Waals surface area contributed by atoms with Crippen LogP contribution in [0.1, 0.15) is 20.7 Å². The fourth-order valence-electron chi connectivity index (χ4n) is 3.22. The summed E-state index contributed by atoms with van der Waals surface area (Å²) in [5, 5.41) is 2.76. The lowest BCUT2D eigenvalue weighted by Gasteiger charge is -2.25. The van der Waals surface area contributed by atoms with Gasteiger partial charge in [0.25, 0.3) is 0 Å². The first-order valence-corrected chi connectivity index (χ1v) is 9.77. The van der Waals surface area contributed by atoms with Crippen molar-refractivity contribution in [1.82, 2.24) is 10.0 Å². The molecule has 0 unspecified atom stereocenters. The molecule has 1 aliphatic rings. The number of hydrogen-bond donors (Lipinski definition) is 0. The van der Waals surface area contributed by atoms with Gasteiger partial charge >= 0.3 is 11.9 Å². The highest BCUT2D eigenvalue weighted by molar-refractivity contribution is 6.31. The van der Waals surface area contributed by atoms with Crippen molar-refractivity contribution in [3.63, 3.8) is 0 Å². The molecule has 7 nitrogen and oxygen atoms in total. The number of benzene rings is 2. The summed E-state index contributed by atoms with van der Waals surface area (Å²) in [5.74, 6) is -0.895. The van der Waals surface area contributed by atoms with Crippen LogP contribution in [0.3, 0.4) is 0 Å². The molecular formula is C22H19ClN2O5. The topological polar surface area (TPSA) is 78.0 Å². The Morgan fingerprint density at radius 2 is 1.77 bits per heavy atom. The molecule has 2 heterocycles. The normalized spacial score (nSPS) is 14.5. The molecule has 0 bridgehead atoms. The fourth-order valence-corrected chi connectivity index (χ4v) is 3.38. The lowest BCUT2D eigenvalue weighted by molar-refractivity contribution is -0.150. The van der Waals surface area contributed by atoms with E-state index in [0.717, 1.165) is 5.56 Å². The van der Waals surface area contributed by atoms with Crippen LogP contribution in [-0.2, 0) is 14.3 Å². The van der Waals surface area contributed by atoms with Crippen LogP contribution in [0.2, 0.25) is 5.02 Å². The number of hydrogen-bond acceptors (Lipinski definition) is 7. The molecule has 1 aromatic heterocycles. The van der Waals surface area contributed by atoms with Crippen molar-refractivity contribution in [3.05, 3.63) is 64.7 Å². The van der Waals surface area contributed by atoms with E-state index < -0.39 is 11.9 Å². The number of ether oxygens (including phenoxy) is 2. The zero-order valence-electron chi connectivity index (χ0n) is 16.3. The van der Waals surface area contributed by atoms with E-state index >= 15 is 0 Å². The molecular weight excluding hydrogens is 408 g/mol. The molecule has 8 heteroatoms. The summed E-state index contributed by atoms with van der Waals surface area (Å²) in [5.41, 5.74) is 2.69. The Hall–Kier alpha value is -3.00. The average Bonchev–Trinajstić information content (AvgIpc) is 2.78. The zero-order valence-corrected chi connectivity index (χ0v) is 17.0. The van der Waals surface area contributed by atoms with E-state index in [2.05, 4.69) is 4.98 Å². The van der Waals surface area contributed by atoms with Gasteiger partial charge in [-0.15, -0.1) is 5.06 Å². The van der Waals surface area contributed by atoms with E-state index in [1.165, 1.54) is 7.11 Å². The molecule has 30 heavy (non-hydrogen) atoms. The lowest BCUT2D eigenvalue weighted by Crippen LogP contribution is -2.38. The van der Waals surface area contributed by atoms with Crippen LogP contribution in [0.4, 0.5) is 0 Å². The number of pyridine rings is 1. The molecule has 1 saturated heterocycles. The van der Waals surface area contributed by atoms with Crippen LogP contribution in [0.5, 0.6) is 0 Å². The fraction of sp³-hybridized carbons (Fsp3) is 0.227. The molecule has 154 valence electrons. The number of methoxy groups -OCH3 is 1. The molecule has 3 aromatic rings. The highest BCUT2D eigenvalue weighted by Crippen LogP contribution is 2.28. The van der Waals surface area contributed by atoms with Gasteiger partial charge in [-0.25, -0.2) is 14.6 Å². The number of halogens is 1. The molecule has 0 atom stereocenters. The Kier molecular flexibility index (Phi) is 5.94. The van der Waals surface area contributed by atoms with Gasteiger partial charge in [0.2, 0.25) is 0 Å². The zero-order chi connectivity index (χ0) is 21.1. The molecule has 0 spiro atoms. The maximum Gasteiger partial charge on any atom is 0.357 e. The van der Waals surface area contributed by atoms with E-state index in [1.54, 1.807) is 53.6 Å². The summed E-state index contributed by atoms with van der Waals surface area (Å²) in [6.07, 6.45) is 0. The maximum absolute atomic E-state index is 13.0. The first kappa shape index (κ1) is 20.3. The van der Waals surface area contributed by atoms with Gasteiger partial charge in [-0.2, -0.15) is 0 Å². The number of fused-ring (bicyclic) bond motifs is 1. The van der Waals surface area contributed by atoms with Gasteiger partial charge in [-0.1, -0.05) is 29.8 Å². The van der Waals surface area contributed by atoms with E-state index in [0.29, 0.717) is 59.0 Å². The molecule has 1 aliphatic heterocycles. The summed E-state index contributed by atoms with van der Waals surface area (Å²) in [6, 6.07) is 13.7. The van der Waals surface area contributed by atoms with Crippen LogP contribution < -0.4 is 0 Å². The largest absolute Gasteiger partial charge is 0.465 e. The van der Waals surface area contributed by atoms with Crippen LogP contribution in [-0.4, -0.2) is 55.4 Å². The van der Waals surface area contributed by atoms with Crippen molar-refractivity contribution in [1.29, 1.82) is 0 Å². The summed E-state index contributed by atoms with van der Waals surface area (Å²) < 4.78 is 10.0. The molecule has 0 amide bonds. The number of hydroxylamine groups is 2. The van der Waals surface area contributed by atoms with Gasteiger partial charge in [0, 0.05) is 16.0 Å². The number of morpholine rings is 1. The Balaban J connectivity index is 1.73. The van der Waals surface area contributed by atoms with E-state index in [9.17, 15) is 9.59 Å². The van der Waals surface area contributed by atoms with E-state index in [-0.39, 0.29) is 0 Å². The standard InChI is InChI=1S/C22H19ClN2O5/c1-28-21(26)15-4-2-14(3-5-15)19-13-18(17-7-6-16(23)12-20(17)24-19)22(27)30-25-8-10-29-11-9-25/h2-7,12-13H,8-11H2,1H3. The number of rotatable bonds is 4. The van der Waals surface area contributed by atoms with Gasteiger partial charge in [-0.05, 0) is 30.3 Å². The lowest BCUT2D eigenvalue weighted by atomic mass is 10.0. The van der Waals surface area contributed by atoms with Gasteiger partial charge in [0.1, 0.15) is 0 Å². The first-order valence-electron chi connectivity index (χ1n) is 9.39. The monoisotopic (exact) mass is 426 g/mol. The van der Waals surface area contributed by atoms with E-state index in [1.807, 2.05) is 0 Å². The average molecular weight is 427 g/mol. The molecule has 2 aromatic carbocycles. The predicted molar refractivity (Wildman–Crippen MR) is 111 cm³/mol. The molecule has 0 aliphatic carbocycles. The second-order valence-electron chi connectivity index (χ2n) is 6.71.